The van der Waals surface area contributed by atoms with E-state index in [1.807, 2.05) is 22.6 Å². The molecule has 2 heterocycles. The Labute approximate surface area is 140 Å². The zero-order valence-electron chi connectivity index (χ0n) is 11.0. The highest BCUT2D eigenvalue weighted by Gasteiger charge is 2.40. The Morgan fingerprint density at radius 2 is 1.86 bits per heavy atom. The Morgan fingerprint density at radius 1 is 1.23 bits per heavy atom. The van der Waals surface area contributed by atoms with Crippen molar-refractivity contribution in [3.63, 3.8) is 0 Å². The summed E-state index contributed by atoms with van der Waals surface area (Å²) in [7, 11) is 0. The van der Waals surface area contributed by atoms with E-state index in [1.54, 1.807) is 19.1 Å². The van der Waals surface area contributed by atoms with Gasteiger partial charge in [-0.3, -0.25) is 9.59 Å². The molecular formula is C13H9F3INO3S. The molecule has 0 aliphatic carbocycles. The van der Waals surface area contributed by atoms with Crippen molar-refractivity contribution in [3.8, 4) is 0 Å². The summed E-state index contributed by atoms with van der Waals surface area (Å²) in [5.74, 6) is -2.05. The Morgan fingerprint density at radius 3 is 2.41 bits per heavy atom. The van der Waals surface area contributed by atoms with E-state index in [2.05, 4.69) is 5.32 Å². The van der Waals surface area contributed by atoms with Crippen molar-refractivity contribution in [1.82, 2.24) is 5.32 Å². The van der Waals surface area contributed by atoms with Crippen molar-refractivity contribution >= 4 is 45.6 Å². The van der Waals surface area contributed by atoms with Gasteiger partial charge in [0.15, 0.2) is 0 Å². The molecule has 2 aromatic rings. The zero-order chi connectivity index (χ0) is 16.5. The standard InChI is InChI=1S/C13H9F3INO3S/c1-12(17,9-3-2-6-21-9)18-11(20)8-5-4-7(22-8)10(19)13(14,15)16/h2-6H,1H3,(H,18,20). The molecule has 0 aliphatic heterocycles. The molecule has 118 valence electrons. The van der Waals surface area contributed by atoms with Gasteiger partial charge in [0.05, 0.1) is 16.0 Å². The molecule has 0 bridgehead atoms. The van der Waals surface area contributed by atoms with E-state index in [0.717, 1.165) is 6.07 Å². The zero-order valence-corrected chi connectivity index (χ0v) is 14.0. The van der Waals surface area contributed by atoms with Crippen LogP contribution in [0.1, 0.15) is 32.0 Å². The van der Waals surface area contributed by atoms with Gasteiger partial charge in [-0.25, -0.2) is 0 Å². The highest BCUT2D eigenvalue weighted by molar-refractivity contribution is 14.1. The third kappa shape index (κ3) is 3.69. The lowest BCUT2D eigenvalue weighted by Crippen LogP contribution is -2.37. The van der Waals surface area contributed by atoms with Gasteiger partial charge in [-0.2, -0.15) is 13.2 Å². The van der Waals surface area contributed by atoms with Crippen molar-refractivity contribution in [2.24, 2.45) is 0 Å². The number of carbonyl (C=O) groups excluding carboxylic acids is 2. The first-order chi connectivity index (χ1) is 10.1. The van der Waals surface area contributed by atoms with E-state index < -0.39 is 26.3 Å². The van der Waals surface area contributed by atoms with Gasteiger partial charge in [-0.05, 0) is 53.8 Å². The number of halogens is 4. The molecule has 0 saturated carbocycles. The Hall–Kier alpha value is -1.36. The predicted octanol–water partition coefficient (Wildman–Crippen LogP) is 4.12. The van der Waals surface area contributed by atoms with Gasteiger partial charge in [-0.1, -0.05) is 0 Å². The number of furan rings is 1. The molecule has 0 saturated heterocycles. The highest BCUT2D eigenvalue weighted by atomic mass is 127. The lowest BCUT2D eigenvalue weighted by atomic mass is 10.2. The third-order valence-corrected chi connectivity index (χ3v) is 4.53. The number of hydrogen-bond donors (Lipinski definition) is 1. The quantitative estimate of drug-likeness (QED) is 0.335. The van der Waals surface area contributed by atoms with E-state index in [0.29, 0.717) is 17.1 Å². The van der Waals surface area contributed by atoms with Crippen LogP contribution in [0.15, 0.2) is 34.9 Å². The summed E-state index contributed by atoms with van der Waals surface area (Å²) in [5.41, 5.74) is 0. The number of rotatable bonds is 4. The molecule has 2 rings (SSSR count). The Bertz CT molecular complexity index is 692. The van der Waals surface area contributed by atoms with Crippen LogP contribution in [0.25, 0.3) is 0 Å². The van der Waals surface area contributed by atoms with Crippen molar-refractivity contribution in [2.45, 2.75) is 16.6 Å². The molecular weight excluding hydrogens is 434 g/mol. The molecule has 1 N–H and O–H groups in total. The highest BCUT2D eigenvalue weighted by Crippen LogP contribution is 2.31. The molecule has 0 aliphatic rings. The van der Waals surface area contributed by atoms with Gasteiger partial charge >= 0.3 is 6.18 Å². The molecule has 0 radical (unpaired) electrons. The average molecular weight is 443 g/mol. The van der Waals surface area contributed by atoms with Gasteiger partial charge in [-0.15, -0.1) is 11.3 Å². The van der Waals surface area contributed by atoms with Crippen molar-refractivity contribution in [1.29, 1.82) is 0 Å². The topological polar surface area (TPSA) is 59.3 Å². The fraction of sp³-hybridized carbons (Fsp3) is 0.231. The minimum absolute atomic E-state index is 0.0158. The summed E-state index contributed by atoms with van der Waals surface area (Å²) in [6.07, 6.45) is -3.51. The SMILES string of the molecule is CC(I)(NC(=O)c1ccc(C(=O)C(F)(F)F)s1)c1ccco1. The summed E-state index contributed by atoms with van der Waals surface area (Å²) < 4.78 is 41.4. The smallest absolute Gasteiger partial charge is 0.455 e. The largest absolute Gasteiger partial charge is 0.466 e. The summed E-state index contributed by atoms with van der Waals surface area (Å²) in [4.78, 5) is 22.7. The van der Waals surface area contributed by atoms with E-state index >= 15 is 0 Å². The molecule has 1 unspecified atom stereocenters. The van der Waals surface area contributed by atoms with Crippen molar-refractivity contribution in [3.05, 3.63) is 46.0 Å². The van der Waals surface area contributed by atoms with Crippen molar-refractivity contribution < 1.29 is 27.2 Å². The molecule has 2 aromatic heterocycles. The van der Waals surface area contributed by atoms with Crippen LogP contribution >= 0.6 is 33.9 Å². The lowest BCUT2D eigenvalue weighted by Gasteiger charge is -2.21. The van der Waals surface area contributed by atoms with Gasteiger partial charge in [0, 0.05) is 0 Å². The Balaban J connectivity index is 2.15. The number of nitrogens with one attached hydrogen (secondary N) is 1. The fourth-order valence-electron chi connectivity index (χ4n) is 1.60. The minimum Gasteiger partial charge on any atom is -0.466 e. The summed E-state index contributed by atoms with van der Waals surface area (Å²) in [6.45, 7) is 1.68. The van der Waals surface area contributed by atoms with Gasteiger partial charge in [0.25, 0.3) is 11.7 Å². The molecule has 1 atom stereocenters. The summed E-state index contributed by atoms with van der Waals surface area (Å²) >= 11 is 2.44. The number of hydrogen-bond acceptors (Lipinski definition) is 4. The molecule has 9 heteroatoms. The van der Waals surface area contributed by atoms with Crippen LogP contribution in [0.3, 0.4) is 0 Å². The number of ketones is 1. The lowest BCUT2D eigenvalue weighted by molar-refractivity contribution is -0.0882. The first-order valence-electron chi connectivity index (χ1n) is 5.88. The van der Waals surface area contributed by atoms with Crippen LogP contribution in [-0.2, 0) is 3.55 Å². The number of Topliss-reactive ketones (excluding diaryl/α,β-unsaturated/α-hetero) is 1. The van der Waals surface area contributed by atoms with E-state index in [-0.39, 0.29) is 4.88 Å². The van der Waals surface area contributed by atoms with E-state index in [1.165, 1.54) is 12.3 Å². The molecule has 4 nitrogen and oxygen atoms in total. The summed E-state index contributed by atoms with van der Waals surface area (Å²) in [6, 6.07) is 5.50. The first kappa shape index (κ1) is 17.0. The van der Waals surface area contributed by atoms with Crippen LogP contribution in [-0.4, -0.2) is 17.9 Å². The van der Waals surface area contributed by atoms with Gasteiger partial charge < -0.3 is 9.73 Å². The second-order valence-electron chi connectivity index (χ2n) is 4.43. The number of carbonyl (C=O) groups is 2. The number of amides is 1. The Kier molecular flexibility index (Phi) is 4.66. The van der Waals surface area contributed by atoms with Crippen LogP contribution in [0, 0.1) is 0 Å². The fourth-order valence-corrected chi connectivity index (χ4v) is 3.02. The number of thiophene rings is 1. The summed E-state index contributed by atoms with van der Waals surface area (Å²) in [5, 5.41) is 2.64. The van der Waals surface area contributed by atoms with Crippen LogP contribution in [0.2, 0.25) is 0 Å². The third-order valence-electron chi connectivity index (χ3n) is 2.64. The molecule has 0 spiro atoms. The van der Waals surface area contributed by atoms with Gasteiger partial charge in [0.2, 0.25) is 0 Å². The maximum atomic E-state index is 12.3. The number of alkyl halides is 4. The van der Waals surface area contributed by atoms with Gasteiger partial charge in [0.1, 0.15) is 9.31 Å². The maximum Gasteiger partial charge on any atom is 0.455 e. The average Bonchev–Trinajstić information content (AvgIpc) is 3.08. The molecule has 22 heavy (non-hydrogen) atoms. The van der Waals surface area contributed by atoms with Crippen LogP contribution in [0.4, 0.5) is 13.2 Å². The van der Waals surface area contributed by atoms with Crippen LogP contribution < -0.4 is 5.32 Å². The van der Waals surface area contributed by atoms with E-state index in [9.17, 15) is 22.8 Å². The molecule has 0 fully saturated rings. The first-order valence-corrected chi connectivity index (χ1v) is 7.77. The predicted molar refractivity (Wildman–Crippen MR) is 82.3 cm³/mol. The normalized spacial score (nSPS) is 14.4. The maximum absolute atomic E-state index is 12.3. The molecule has 0 aromatic carbocycles. The minimum atomic E-state index is -4.95. The van der Waals surface area contributed by atoms with Crippen LogP contribution in [0.5, 0.6) is 0 Å². The second kappa shape index (κ2) is 6.03. The second-order valence-corrected chi connectivity index (χ2v) is 7.67. The molecule has 1 amide bonds. The monoisotopic (exact) mass is 443 g/mol. The van der Waals surface area contributed by atoms with Crippen molar-refractivity contribution in [2.75, 3.05) is 0 Å². The van der Waals surface area contributed by atoms with E-state index in [4.69, 9.17) is 4.42 Å².